The van der Waals surface area contributed by atoms with E-state index in [2.05, 4.69) is 15.3 Å². The van der Waals surface area contributed by atoms with E-state index in [0.29, 0.717) is 22.3 Å². The number of anilines is 1. The van der Waals surface area contributed by atoms with Crippen LogP contribution in [0.2, 0.25) is 0 Å². The molecule has 1 amide bonds. The van der Waals surface area contributed by atoms with Crippen LogP contribution in [0.25, 0.3) is 44.3 Å². The standard InChI is InChI=1S/C36H25N3O3/c40-33-15-13-23(19-25(33)31-17-21-7-1-4-10-28(21)37-31)36(27-9-3-6-12-30(27)39-35(36)42)24-14-16-34(41)26(20-24)32-18-22-8-2-5-11-29(22)38-32/h1-20,37-38,40-41H,(H,39,42). The first-order chi connectivity index (χ1) is 20.5. The van der Waals surface area contributed by atoms with Crippen molar-refractivity contribution in [3.63, 3.8) is 0 Å². The number of carbonyl (C=O) groups excluding carboxylic acids is 1. The normalized spacial score (nSPS) is 13.9. The molecule has 7 aromatic rings. The number of rotatable bonds is 4. The number of aromatic nitrogens is 2. The minimum atomic E-state index is -1.24. The molecule has 0 fully saturated rings. The Hall–Kier alpha value is -5.75. The molecule has 6 nitrogen and oxygen atoms in total. The number of aromatic amines is 2. The molecule has 42 heavy (non-hydrogen) atoms. The van der Waals surface area contributed by atoms with Crippen molar-refractivity contribution >= 4 is 33.4 Å². The Morgan fingerprint density at radius 1 is 0.548 bits per heavy atom. The second-order valence-corrected chi connectivity index (χ2v) is 10.8. The van der Waals surface area contributed by atoms with E-state index in [1.54, 1.807) is 24.3 Å². The third-order valence-corrected chi connectivity index (χ3v) is 8.42. The number of phenolic OH excluding ortho intramolecular Hbond substituents is 2. The summed E-state index contributed by atoms with van der Waals surface area (Å²) in [5, 5.41) is 27.2. The highest BCUT2D eigenvalue weighted by atomic mass is 16.3. The summed E-state index contributed by atoms with van der Waals surface area (Å²) in [6.45, 7) is 0. The van der Waals surface area contributed by atoms with Crippen LogP contribution in [0.3, 0.4) is 0 Å². The molecule has 0 unspecified atom stereocenters. The van der Waals surface area contributed by atoms with Crippen LogP contribution in [0.4, 0.5) is 5.69 Å². The molecule has 2 aromatic heterocycles. The van der Waals surface area contributed by atoms with Crippen molar-refractivity contribution in [1.29, 1.82) is 0 Å². The minimum absolute atomic E-state index is 0.108. The van der Waals surface area contributed by atoms with Crippen molar-refractivity contribution in [2.45, 2.75) is 5.41 Å². The predicted molar refractivity (Wildman–Crippen MR) is 166 cm³/mol. The van der Waals surface area contributed by atoms with Gasteiger partial charge in [-0.1, -0.05) is 66.7 Å². The maximum atomic E-state index is 14.2. The van der Waals surface area contributed by atoms with Gasteiger partial charge in [-0.15, -0.1) is 0 Å². The Balaban J connectivity index is 1.38. The molecule has 0 saturated carbocycles. The summed E-state index contributed by atoms with van der Waals surface area (Å²) in [6.07, 6.45) is 0. The number of para-hydroxylation sites is 3. The lowest BCUT2D eigenvalue weighted by atomic mass is 9.69. The van der Waals surface area contributed by atoms with Gasteiger partial charge in [0.05, 0.1) is 11.4 Å². The summed E-state index contributed by atoms with van der Waals surface area (Å²) in [6, 6.07) is 38.2. The summed E-state index contributed by atoms with van der Waals surface area (Å²) in [7, 11) is 0. The van der Waals surface area contributed by atoms with Crippen LogP contribution in [-0.2, 0) is 10.2 Å². The van der Waals surface area contributed by atoms with E-state index in [-0.39, 0.29) is 17.4 Å². The number of hydrogen-bond acceptors (Lipinski definition) is 3. The number of aromatic hydroxyl groups is 2. The molecule has 1 aliphatic heterocycles. The molecule has 6 heteroatoms. The lowest BCUT2D eigenvalue weighted by Crippen LogP contribution is -2.37. The maximum absolute atomic E-state index is 14.2. The third-order valence-electron chi connectivity index (χ3n) is 8.42. The summed E-state index contributed by atoms with van der Waals surface area (Å²) < 4.78 is 0. The fraction of sp³-hybridized carbons (Fsp3) is 0.0278. The molecular weight excluding hydrogens is 522 g/mol. The molecule has 0 aliphatic carbocycles. The molecule has 5 aromatic carbocycles. The van der Waals surface area contributed by atoms with Crippen LogP contribution in [0.5, 0.6) is 11.5 Å². The Morgan fingerprint density at radius 3 is 1.60 bits per heavy atom. The first-order valence-corrected chi connectivity index (χ1v) is 13.8. The molecular formula is C36H25N3O3. The minimum Gasteiger partial charge on any atom is -0.507 e. The average Bonchev–Trinajstić information content (AvgIpc) is 3.71. The van der Waals surface area contributed by atoms with Crippen molar-refractivity contribution in [2.24, 2.45) is 0 Å². The van der Waals surface area contributed by atoms with Crippen LogP contribution in [-0.4, -0.2) is 26.1 Å². The van der Waals surface area contributed by atoms with Crippen molar-refractivity contribution < 1.29 is 15.0 Å². The lowest BCUT2D eigenvalue weighted by molar-refractivity contribution is -0.118. The zero-order valence-electron chi connectivity index (χ0n) is 22.3. The van der Waals surface area contributed by atoms with Gasteiger partial charge in [-0.25, -0.2) is 0 Å². The van der Waals surface area contributed by atoms with Crippen LogP contribution >= 0.6 is 0 Å². The van der Waals surface area contributed by atoms with Crippen LogP contribution < -0.4 is 5.32 Å². The van der Waals surface area contributed by atoms with Gasteiger partial charge in [0.2, 0.25) is 5.91 Å². The van der Waals surface area contributed by atoms with Crippen molar-refractivity contribution in [1.82, 2.24) is 9.97 Å². The van der Waals surface area contributed by atoms with Crippen LogP contribution in [0.15, 0.2) is 121 Å². The van der Waals surface area contributed by atoms with Crippen molar-refractivity contribution in [3.05, 3.63) is 138 Å². The highest BCUT2D eigenvalue weighted by Crippen LogP contribution is 2.50. The Labute approximate surface area is 240 Å². The smallest absolute Gasteiger partial charge is 0.244 e. The number of hydrogen-bond donors (Lipinski definition) is 5. The number of amides is 1. The number of fused-ring (bicyclic) bond motifs is 3. The largest absolute Gasteiger partial charge is 0.507 e. The van der Waals surface area contributed by atoms with Gasteiger partial charge >= 0.3 is 0 Å². The van der Waals surface area contributed by atoms with Gasteiger partial charge in [-0.05, 0) is 65.7 Å². The fourth-order valence-electron chi connectivity index (χ4n) is 6.40. The van der Waals surface area contributed by atoms with Gasteiger partial charge in [0, 0.05) is 44.2 Å². The van der Waals surface area contributed by atoms with Crippen molar-refractivity contribution in [2.75, 3.05) is 5.32 Å². The Kier molecular flexibility index (Phi) is 5.09. The first kappa shape index (κ1) is 24.1. The number of phenols is 2. The quantitative estimate of drug-likeness (QED) is 0.156. The summed E-state index contributed by atoms with van der Waals surface area (Å²) in [5.41, 5.74) is 6.29. The van der Waals surface area contributed by atoms with E-state index in [9.17, 15) is 15.0 Å². The fourth-order valence-corrected chi connectivity index (χ4v) is 6.40. The summed E-state index contributed by atoms with van der Waals surface area (Å²) in [4.78, 5) is 21.1. The van der Waals surface area contributed by atoms with E-state index in [4.69, 9.17) is 0 Å². The topological polar surface area (TPSA) is 101 Å². The molecule has 0 spiro atoms. The van der Waals surface area contributed by atoms with E-state index in [1.807, 2.05) is 97.1 Å². The molecule has 0 bridgehead atoms. The second-order valence-electron chi connectivity index (χ2n) is 10.8. The Morgan fingerprint density at radius 2 is 1.05 bits per heavy atom. The lowest BCUT2D eigenvalue weighted by Gasteiger charge is -2.30. The molecule has 8 rings (SSSR count). The molecule has 0 radical (unpaired) electrons. The molecule has 0 atom stereocenters. The van der Waals surface area contributed by atoms with E-state index in [0.717, 1.165) is 44.4 Å². The molecule has 1 aliphatic rings. The highest BCUT2D eigenvalue weighted by molar-refractivity contribution is 6.11. The number of H-pyrrole nitrogens is 2. The molecule has 202 valence electrons. The summed E-state index contributed by atoms with van der Waals surface area (Å²) in [5.74, 6) is 0.0125. The SMILES string of the molecule is O=C1Nc2ccccc2C1(c1ccc(O)c(-c2cc3ccccc3[nH]2)c1)c1ccc(O)c(-c2cc3ccccc3[nH]2)c1. The van der Waals surface area contributed by atoms with E-state index >= 15 is 0 Å². The predicted octanol–water partition coefficient (Wildman–Crippen LogP) is 7.68. The van der Waals surface area contributed by atoms with Gasteiger partial charge in [-0.2, -0.15) is 0 Å². The molecule has 0 saturated heterocycles. The number of benzene rings is 5. The average molecular weight is 548 g/mol. The van der Waals surface area contributed by atoms with Gasteiger partial charge in [0.15, 0.2) is 0 Å². The monoisotopic (exact) mass is 547 g/mol. The van der Waals surface area contributed by atoms with Crippen LogP contribution in [0.1, 0.15) is 16.7 Å². The maximum Gasteiger partial charge on any atom is 0.244 e. The van der Waals surface area contributed by atoms with E-state index in [1.165, 1.54) is 0 Å². The van der Waals surface area contributed by atoms with Crippen LogP contribution in [0, 0.1) is 0 Å². The van der Waals surface area contributed by atoms with Gasteiger partial charge in [-0.3, -0.25) is 4.79 Å². The summed E-state index contributed by atoms with van der Waals surface area (Å²) >= 11 is 0. The third kappa shape index (κ3) is 3.42. The number of carbonyl (C=O) groups is 1. The molecule has 5 N–H and O–H groups in total. The first-order valence-electron chi connectivity index (χ1n) is 13.8. The second kappa shape index (κ2) is 8.88. The zero-order chi connectivity index (χ0) is 28.4. The molecule has 3 heterocycles. The number of nitrogens with one attached hydrogen (secondary N) is 3. The van der Waals surface area contributed by atoms with Gasteiger partial charge in [0.25, 0.3) is 0 Å². The van der Waals surface area contributed by atoms with Gasteiger partial charge < -0.3 is 25.5 Å². The Bertz CT molecular complexity index is 2000. The van der Waals surface area contributed by atoms with E-state index < -0.39 is 5.41 Å². The van der Waals surface area contributed by atoms with Crippen molar-refractivity contribution in [3.8, 4) is 34.0 Å². The highest BCUT2D eigenvalue weighted by Gasteiger charge is 2.50. The van der Waals surface area contributed by atoms with Gasteiger partial charge in [0.1, 0.15) is 16.9 Å². The zero-order valence-corrected chi connectivity index (χ0v) is 22.3.